The average Bonchev–Trinajstić information content (AvgIpc) is 3.45. The number of anilines is 1. The quantitative estimate of drug-likeness (QED) is 0.181. The standard InChI is InChI=1S/C40H37ClN4O/c1-28-18-20-36(41)34(26-28)30-19-21-37-35(27-30)38(42-39(46)29-22-24-44(2)25-23-29)43-45(37)40(31-12-6-3-7-13-31,32-14-8-4-9-15-32)33-16-10-5-11-17-33/h3-21,26-27,29H,22-25H2,1-2H3,(H,42,43,46). The minimum atomic E-state index is -0.832. The van der Waals surface area contributed by atoms with Crippen LogP contribution in [0.25, 0.3) is 22.0 Å². The number of aryl methyl sites for hydroxylation is 1. The first-order valence-corrected chi connectivity index (χ1v) is 16.3. The lowest BCUT2D eigenvalue weighted by Crippen LogP contribution is -2.39. The first kappa shape index (κ1) is 30.0. The van der Waals surface area contributed by atoms with E-state index in [1.807, 2.05) is 30.3 Å². The number of nitrogens with one attached hydrogen (secondary N) is 1. The number of rotatable bonds is 7. The third-order valence-electron chi connectivity index (χ3n) is 9.34. The highest BCUT2D eigenvalue weighted by Gasteiger charge is 2.41. The Kier molecular flexibility index (Phi) is 8.20. The maximum atomic E-state index is 13.8. The van der Waals surface area contributed by atoms with Gasteiger partial charge in [-0.3, -0.25) is 4.79 Å². The molecule has 1 saturated heterocycles. The van der Waals surface area contributed by atoms with Gasteiger partial charge in [0, 0.05) is 21.9 Å². The average molecular weight is 625 g/mol. The van der Waals surface area contributed by atoms with E-state index in [9.17, 15) is 4.79 Å². The minimum Gasteiger partial charge on any atom is -0.308 e. The molecule has 0 unspecified atom stereocenters. The Labute approximate surface area is 275 Å². The highest BCUT2D eigenvalue weighted by molar-refractivity contribution is 6.33. The van der Waals surface area contributed by atoms with Gasteiger partial charge in [-0.05, 0) is 86.4 Å². The number of amides is 1. The summed E-state index contributed by atoms with van der Waals surface area (Å²) in [5, 5.41) is 10.2. The number of carbonyl (C=O) groups excluding carboxylic acids is 1. The van der Waals surface area contributed by atoms with Crippen LogP contribution in [-0.4, -0.2) is 40.7 Å². The number of likely N-dealkylation sites (tertiary alicyclic amines) is 1. The maximum absolute atomic E-state index is 13.8. The van der Waals surface area contributed by atoms with Gasteiger partial charge < -0.3 is 10.2 Å². The van der Waals surface area contributed by atoms with Gasteiger partial charge in [0.15, 0.2) is 5.82 Å². The highest BCUT2D eigenvalue weighted by atomic mass is 35.5. The summed E-state index contributed by atoms with van der Waals surface area (Å²) in [5.41, 5.74) is 6.32. The van der Waals surface area contributed by atoms with Crippen LogP contribution in [0, 0.1) is 12.8 Å². The molecule has 1 aliphatic heterocycles. The molecule has 1 aromatic heterocycles. The SMILES string of the molecule is Cc1ccc(Cl)c(-c2ccc3c(c2)c(NC(=O)C2CCN(C)CC2)nn3C(c2ccccc2)(c2ccccc2)c2ccccc2)c1. The Morgan fingerprint density at radius 2 is 1.35 bits per heavy atom. The Balaban J connectivity index is 1.51. The number of benzene rings is 5. The summed E-state index contributed by atoms with van der Waals surface area (Å²) >= 11 is 6.74. The van der Waals surface area contributed by atoms with E-state index in [1.165, 1.54) is 0 Å². The Hall–Kier alpha value is -4.71. The lowest BCUT2D eigenvalue weighted by atomic mass is 9.77. The smallest absolute Gasteiger partial charge is 0.228 e. The summed E-state index contributed by atoms with van der Waals surface area (Å²) in [7, 11) is 2.11. The molecular formula is C40H37ClN4O. The van der Waals surface area contributed by atoms with Crippen molar-refractivity contribution in [1.82, 2.24) is 14.7 Å². The van der Waals surface area contributed by atoms with E-state index >= 15 is 0 Å². The Bertz CT molecular complexity index is 1880. The largest absolute Gasteiger partial charge is 0.308 e. The number of carbonyl (C=O) groups is 1. The molecule has 0 radical (unpaired) electrons. The lowest BCUT2D eigenvalue weighted by molar-refractivity contribution is -0.121. The monoisotopic (exact) mass is 624 g/mol. The van der Waals surface area contributed by atoms with Crippen LogP contribution in [0.4, 0.5) is 5.82 Å². The number of fused-ring (bicyclic) bond motifs is 1. The second-order valence-electron chi connectivity index (χ2n) is 12.4. The van der Waals surface area contributed by atoms with Crippen molar-refractivity contribution < 1.29 is 4.79 Å². The summed E-state index contributed by atoms with van der Waals surface area (Å²) in [6.45, 7) is 3.88. The minimum absolute atomic E-state index is 0.0170. The molecule has 7 rings (SSSR count). The van der Waals surface area contributed by atoms with E-state index in [0.29, 0.717) is 10.8 Å². The topological polar surface area (TPSA) is 50.2 Å². The highest BCUT2D eigenvalue weighted by Crippen LogP contribution is 2.44. The molecule has 2 heterocycles. The third-order valence-corrected chi connectivity index (χ3v) is 9.67. The van der Waals surface area contributed by atoms with E-state index < -0.39 is 5.54 Å². The van der Waals surface area contributed by atoms with Gasteiger partial charge >= 0.3 is 0 Å². The van der Waals surface area contributed by atoms with Crippen LogP contribution >= 0.6 is 11.6 Å². The zero-order chi connectivity index (χ0) is 31.7. The van der Waals surface area contributed by atoms with Crippen molar-refractivity contribution in [3.8, 4) is 11.1 Å². The van der Waals surface area contributed by atoms with Gasteiger partial charge in [0.25, 0.3) is 0 Å². The summed E-state index contributed by atoms with van der Waals surface area (Å²) in [4.78, 5) is 16.1. The molecule has 1 amide bonds. The fraction of sp³-hybridized carbons (Fsp3) is 0.200. The number of piperidine rings is 1. The van der Waals surface area contributed by atoms with Gasteiger partial charge in [-0.15, -0.1) is 0 Å². The van der Waals surface area contributed by atoms with Gasteiger partial charge in [-0.2, -0.15) is 5.10 Å². The van der Waals surface area contributed by atoms with Crippen molar-refractivity contribution >= 4 is 34.2 Å². The molecular weight excluding hydrogens is 588 g/mol. The molecule has 0 spiro atoms. The lowest BCUT2D eigenvalue weighted by Gasteiger charge is -2.37. The number of aromatic nitrogens is 2. The second kappa shape index (κ2) is 12.6. The molecule has 0 aliphatic carbocycles. The van der Waals surface area contributed by atoms with Crippen molar-refractivity contribution in [2.45, 2.75) is 25.3 Å². The summed E-state index contributed by atoms with van der Waals surface area (Å²) in [6.07, 6.45) is 1.65. The van der Waals surface area contributed by atoms with Gasteiger partial charge in [0.1, 0.15) is 5.54 Å². The molecule has 0 bridgehead atoms. The van der Waals surface area contributed by atoms with Gasteiger partial charge in [-0.1, -0.05) is 120 Å². The van der Waals surface area contributed by atoms with Crippen molar-refractivity contribution in [2.24, 2.45) is 5.92 Å². The van der Waals surface area contributed by atoms with Crippen LogP contribution in [0.5, 0.6) is 0 Å². The maximum Gasteiger partial charge on any atom is 0.228 e. The van der Waals surface area contributed by atoms with Crippen LogP contribution < -0.4 is 5.32 Å². The predicted molar refractivity (Wildman–Crippen MR) is 188 cm³/mol. The molecule has 0 saturated carbocycles. The zero-order valence-electron chi connectivity index (χ0n) is 26.2. The molecule has 6 aromatic rings. The van der Waals surface area contributed by atoms with Crippen LogP contribution in [0.2, 0.25) is 5.02 Å². The molecule has 230 valence electrons. The van der Waals surface area contributed by atoms with E-state index in [0.717, 1.165) is 70.2 Å². The van der Waals surface area contributed by atoms with E-state index in [1.54, 1.807) is 0 Å². The molecule has 5 aromatic carbocycles. The molecule has 0 atom stereocenters. The molecule has 46 heavy (non-hydrogen) atoms. The molecule has 1 N–H and O–H groups in total. The van der Waals surface area contributed by atoms with Crippen LogP contribution in [0.15, 0.2) is 127 Å². The second-order valence-corrected chi connectivity index (χ2v) is 12.8. The number of nitrogens with zero attached hydrogens (tertiary/aromatic N) is 3. The summed E-state index contributed by atoms with van der Waals surface area (Å²) in [6, 6.07) is 43.9. The zero-order valence-corrected chi connectivity index (χ0v) is 26.9. The summed E-state index contributed by atoms with van der Waals surface area (Å²) in [5.74, 6) is 0.507. The van der Waals surface area contributed by atoms with Gasteiger partial charge in [0.2, 0.25) is 5.91 Å². The normalized spacial score (nSPS) is 14.4. The van der Waals surface area contributed by atoms with E-state index in [4.69, 9.17) is 16.7 Å². The van der Waals surface area contributed by atoms with Crippen molar-refractivity contribution in [1.29, 1.82) is 0 Å². The van der Waals surface area contributed by atoms with Crippen molar-refractivity contribution in [2.75, 3.05) is 25.5 Å². The predicted octanol–water partition coefficient (Wildman–Crippen LogP) is 8.79. The fourth-order valence-electron chi connectivity index (χ4n) is 6.89. The Morgan fingerprint density at radius 3 is 1.91 bits per heavy atom. The summed E-state index contributed by atoms with van der Waals surface area (Å²) < 4.78 is 2.11. The number of hydrogen-bond donors (Lipinski definition) is 1. The molecule has 1 fully saturated rings. The van der Waals surface area contributed by atoms with Gasteiger partial charge in [-0.25, -0.2) is 4.68 Å². The van der Waals surface area contributed by atoms with Crippen molar-refractivity contribution in [3.63, 3.8) is 0 Å². The molecule has 1 aliphatic rings. The third kappa shape index (κ3) is 5.40. The first-order chi connectivity index (χ1) is 22.4. The molecule has 5 nitrogen and oxygen atoms in total. The van der Waals surface area contributed by atoms with Crippen LogP contribution in [-0.2, 0) is 10.3 Å². The number of halogens is 1. The Morgan fingerprint density at radius 1 is 0.783 bits per heavy atom. The number of hydrogen-bond acceptors (Lipinski definition) is 3. The van der Waals surface area contributed by atoms with E-state index in [2.05, 4.69) is 126 Å². The molecule has 6 heteroatoms. The first-order valence-electron chi connectivity index (χ1n) is 15.9. The fourth-order valence-corrected chi connectivity index (χ4v) is 7.12. The van der Waals surface area contributed by atoms with Crippen molar-refractivity contribution in [3.05, 3.63) is 155 Å². The van der Waals surface area contributed by atoms with Gasteiger partial charge in [0.05, 0.1) is 5.52 Å². The van der Waals surface area contributed by atoms with Crippen LogP contribution in [0.1, 0.15) is 35.1 Å². The van der Waals surface area contributed by atoms with Crippen LogP contribution in [0.3, 0.4) is 0 Å². The van der Waals surface area contributed by atoms with E-state index in [-0.39, 0.29) is 11.8 Å².